The van der Waals surface area contributed by atoms with Crippen molar-refractivity contribution in [2.75, 3.05) is 28.4 Å². The lowest BCUT2D eigenvalue weighted by atomic mass is 10.1. The van der Waals surface area contributed by atoms with E-state index in [1.165, 1.54) is 28.4 Å². The zero-order valence-corrected chi connectivity index (χ0v) is 20.5. The summed E-state index contributed by atoms with van der Waals surface area (Å²) < 4.78 is 37.7. The number of ether oxygens (including phenoxy) is 6. The number of carbonyl (C=O) groups is 2. The van der Waals surface area contributed by atoms with Crippen LogP contribution in [0.25, 0.3) is 6.08 Å². The molecule has 10 nitrogen and oxygen atoms in total. The number of esters is 1. The Morgan fingerprint density at radius 2 is 1.72 bits per heavy atom. The number of benzene rings is 2. The predicted molar refractivity (Wildman–Crippen MR) is 127 cm³/mol. The Morgan fingerprint density at radius 3 is 2.39 bits per heavy atom. The van der Waals surface area contributed by atoms with Crippen molar-refractivity contribution in [3.05, 3.63) is 58.5 Å². The van der Waals surface area contributed by atoms with Gasteiger partial charge in [0.05, 0.1) is 40.4 Å². The van der Waals surface area contributed by atoms with Crippen LogP contribution in [0.4, 0.5) is 0 Å². The van der Waals surface area contributed by atoms with Gasteiger partial charge in [-0.15, -0.1) is 0 Å². The van der Waals surface area contributed by atoms with Crippen LogP contribution in [-0.2, 0) is 11.2 Å². The average molecular weight is 495 g/mol. The molecule has 0 amide bonds. The van der Waals surface area contributed by atoms with Crippen LogP contribution in [0.5, 0.6) is 34.6 Å². The van der Waals surface area contributed by atoms with Crippen molar-refractivity contribution >= 4 is 17.8 Å². The Balaban J connectivity index is 1.53. The molecule has 2 aromatic carbocycles. The molecule has 0 radical (unpaired) electrons. The maximum atomic E-state index is 13.0. The summed E-state index contributed by atoms with van der Waals surface area (Å²) in [4.78, 5) is 25.4. The van der Waals surface area contributed by atoms with Crippen LogP contribution < -0.4 is 28.4 Å². The summed E-state index contributed by atoms with van der Waals surface area (Å²) in [6, 6.07) is 8.19. The van der Waals surface area contributed by atoms with E-state index in [9.17, 15) is 9.59 Å². The van der Waals surface area contributed by atoms with Gasteiger partial charge in [-0.05, 0) is 42.4 Å². The Hall–Kier alpha value is -4.47. The van der Waals surface area contributed by atoms with Gasteiger partial charge in [-0.25, -0.2) is 0 Å². The maximum Gasteiger partial charge on any atom is 0.311 e. The van der Waals surface area contributed by atoms with Crippen molar-refractivity contribution in [2.45, 2.75) is 19.8 Å². The van der Waals surface area contributed by atoms with Crippen LogP contribution in [0.3, 0.4) is 0 Å². The van der Waals surface area contributed by atoms with E-state index in [4.69, 9.17) is 32.9 Å². The Kier molecular flexibility index (Phi) is 7.14. The second kappa shape index (κ2) is 10.4. The molecule has 0 fully saturated rings. The molecule has 4 rings (SSSR count). The van der Waals surface area contributed by atoms with Gasteiger partial charge in [0.15, 0.2) is 17.3 Å². The summed E-state index contributed by atoms with van der Waals surface area (Å²) in [7, 11) is 5.99. The fourth-order valence-corrected chi connectivity index (χ4v) is 3.76. The number of hydrogen-bond donors (Lipinski definition) is 0. The molecule has 0 unspecified atom stereocenters. The third-order valence-corrected chi connectivity index (χ3v) is 5.60. The minimum Gasteiger partial charge on any atom is -0.493 e. The average Bonchev–Trinajstić information content (AvgIpc) is 3.48. The monoisotopic (exact) mass is 495 g/mol. The summed E-state index contributed by atoms with van der Waals surface area (Å²) in [5.41, 5.74) is 1.46. The number of methoxy groups -OCH3 is 4. The van der Waals surface area contributed by atoms with E-state index in [2.05, 4.69) is 5.16 Å². The quantitative estimate of drug-likeness (QED) is 0.243. The smallest absolute Gasteiger partial charge is 0.311 e. The van der Waals surface area contributed by atoms with E-state index in [1.54, 1.807) is 43.3 Å². The van der Waals surface area contributed by atoms with Crippen molar-refractivity contribution in [3.63, 3.8) is 0 Å². The van der Waals surface area contributed by atoms with Gasteiger partial charge in [-0.1, -0.05) is 0 Å². The molecule has 0 aliphatic carbocycles. The molecule has 0 spiro atoms. The number of fused-ring (bicyclic) bond motifs is 1. The molecule has 188 valence electrons. The van der Waals surface area contributed by atoms with Gasteiger partial charge in [-0.3, -0.25) is 9.59 Å². The number of Topliss-reactive ketones (excluding diaryl/α,β-unsaturated/α-hetero) is 1. The molecular weight excluding hydrogens is 470 g/mol. The first-order valence-electron chi connectivity index (χ1n) is 11.0. The van der Waals surface area contributed by atoms with E-state index in [0.717, 1.165) is 0 Å². The summed E-state index contributed by atoms with van der Waals surface area (Å²) in [5.74, 6) is 2.07. The predicted octanol–water partition coefficient (Wildman–Crippen LogP) is 4.17. The fraction of sp³-hybridized carbons (Fsp3) is 0.269. The molecule has 10 heteroatoms. The second-order valence-electron chi connectivity index (χ2n) is 7.74. The largest absolute Gasteiger partial charge is 0.493 e. The van der Waals surface area contributed by atoms with E-state index >= 15 is 0 Å². The zero-order valence-electron chi connectivity index (χ0n) is 20.5. The number of aromatic nitrogens is 1. The molecular formula is C26H25NO9. The summed E-state index contributed by atoms with van der Waals surface area (Å²) in [5, 5.41) is 3.70. The number of carbonyl (C=O) groups excluding carboxylic acids is 2. The highest BCUT2D eigenvalue weighted by molar-refractivity contribution is 6.15. The van der Waals surface area contributed by atoms with Crippen LogP contribution in [0.2, 0.25) is 0 Å². The van der Waals surface area contributed by atoms with E-state index in [1.807, 2.05) is 0 Å². The standard InChI is InChI=1S/C26H25NO9/c1-14-18(34-22(28)11-7-16-13-21(31-3)27-36-16)10-8-17-23(29)20(35-24(14)17)12-15-6-9-19(30-2)26(33-5)25(15)32-4/h6,8-10,12-13H,7,11H2,1-5H3/b20-12-. The van der Waals surface area contributed by atoms with E-state index < -0.39 is 5.97 Å². The number of rotatable bonds is 9. The molecule has 36 heavy (non-hydrogen) atoms. The first-order chi connectivity index (χ1) is 17.4. The number of allylic oxidation sites excluding steroid dienone is 1. The van der Waals surface area contributed by atoms with Crippen molar-refractivity contribution in [3.8, 4) is 34.6 Å². The zero-order chi connectivity index (χ0) is 25.8. The molecule has 1 aliphatic rings. The molecule has 0 atom stereocenters. The third-order valence-electron chi connectivity index (χ3n) is 5.60. The van der Waals surface area contributed by atoms with Crippen molar-refractivity contribution < 1.29 is 42.5 Å². The Morgan fingerprint density at radius 1 is 0.972 bits per heavy atom. The lowest BCUT2D eigenvalue weighted by Crippen LogP contribution is -2.10. The minimum absolute atomic E-state index is 0.0684. The third kappa shape index (κ3) is 4.70. The topological polar surface area (TPSA) is 116 Å². The van der Waals surface area contributed by atoms with Gasteiger partial charge in [0, 0.05) is 23.6 Å². The molecule has 3 aromatic rings. The molecule has 0 N–H and O–H groups in total. The summed E-state index contributed by atoms with van der Waals surface area (Å²) in [6.45, 7) is 1.72. The lowest BCUT2D eigenvalue weighted by Gasteiger charge is -2.14. The van der Waals surface area contributed by atoms with Gasteiger partial charge in [0.1, 0.15) is 17.3 Å². The van der Waals surface area contributed by atoms with Crippen LogP contribution in [0.15, 0.2) is 40.6 Å². The summed E-state index contributed by atoms with van der Waals surface area (Å²) >= 11 is 0. The number of ketones is 1. The SMILES string of the molecule is COc1cc(CCC(=O)Oc2ccc3c(c2C)O/C(=C\c2ccc(OC)c(OC)c2OC)C3=O)on1. The normalized spacial score (nSPS) is 13.2. The molecule has 0 saturated heterocycles. The first-order valence-corrected chi connectivity index (χ1v) is 11.0. The molecule has 2 heterocycles. The number of nitrogens with zero attached hydrogens (tertiary/aromatic N) is 1. The fourth-order valence-electron chi connectivity index (χ4n) is 3.76. The molecule has 1 aromatic heterocycles. The van der Waals surface area contributed by atoms with Crippen molar-refractivity contribution in [1.82, 2.24) is 5.16 Å². The van der Waals surface area contributed by atoms with Gasteiger partial charge in [-0.2, -0.15) is 0 Å². The Labute approximate surface area is 207 Å². The molecule has 0 bridgehead atoms. The van der Waals surface area contributed by atoms with Crippen LogP contribution >= 0.6 is 0 Å². The Bertz CT molecular complexity index is 1340. The van der Waals surface area contributed by atoms with Crippen molar-refractivity contribution in [2.24, 2.45) is 0 Å². The minimum atomic E-state index is -0.469. The van der Waals surface area contributed by atoms with Gasteiger partial charge >= 0.3 is 5.97 Å². The van der Waals surface area contributed by atoms with Gasteiger partial charge in [0.25, 0.3) is 5.88 Å². The maximum absolute atomic E-state index is 13.0. The highest BCUT2D eigenvalue weighted by Crippen LogP contribution is 2.43. The second-order valence-corrected chi connectivity index (χ2v) is 7.74. The van der Waals surface area contributed by atoms with Crippen molar-refractivity contribution in [1.29, 1.82) is 0 Å². The van der Waals surface area contributed by atoms with E-state index in [-0.39, 0.29) is 18.0 Å². The highest BCUT2D eigenvalue weighted by atomic mass is 16.5. The first kappa shape index (κ1) is 24.6. The van der Waals surface area contributed by atoms with Gasteiger partial charge in [0.2, 0.25) is 11.5 Å². The molecule has 0 saturated carbocycles. The summed E-state index contributed by atoms with van der Waals surface area (Å²) in [6.07, 6.45) is 1.94. The molecule has 1 aliphatic heterocycles. The van der Waals surface area contributed by atoms with E-state index in [0.29, 0.717) is 63.5 Å². The number of aryl methyl sites for hydroxylation is 1. The van der Waals surface area contributed by atoms with Crippen LogP contribution in [-0.4, -0.2) is 45.3 Å². The highest BCUT2D eigenvalue weighted by Gasteiger charge is 2.31. The van der Waals surface area contributed by atoms with Crippen LogP contribution in [0.1, 0.15) is 33.7 Å². The van der Waals surface area contributed by atoms with Crippen LogP contribution in [0, 0.1) is 6.92 Å². The lowest BCUT2D eigenvalue weighted by molar-refractivity contribution is -0.134. The number of hydrogen-bond acceptors (Lipinski definition) is 10. The van der Waals surface area contributed by atoms with Gasteiger partial charge < -0.3 is 32.9 Å².